The molecule has 1 aromatic rings. The fraction of sp³-hybridized carbons (Fsp3) is 0.579. The van der Waals surface area contributed by atoms with Gasteiger partial charge in [-0.2, -0.15) is 0 Å². The lowest BCUT2D eigenvalue weighted by Crippen LogP contribution is -2.57. The number of hydrogen-bond donors (Lipinski definition) is 1. The Kier molecular flexibility index (Phi) is 4.90. The summed E-state index contributed by atoms with van der Waals surface area (Å²) in [6.45, 7) is 6.62. The molecule has 24 heavy (non-hydrogen) atoms. The van der Waals surface area contributed by atoms with Crippen molar-refractivity contribution in [3.8, 4) is 0 Å². The van der Waals surface area contributed by atoms with Gasteiger partial charge in [0.1, 0.15) is 0 Å². The number of anilines is 1. The van der Waals surface area contributed by atoms with Crippen LogP contribution in [0.2, 0.25) is 0 Å². The first-order valence-corrected chi connectivity index (χ1v) is 8.83. The summed E-state index contributed by atoms with van der Waals surface area (Å²) < 4.78 is 0. The Morgan fingerprint density at radius 1 is 1.17 bits per heavy atom. The van der Waals surface area contributed by atoms with Gasteiger partial charge in [-0.15, -0.1) is 0 Å². The molecule has 2 amide bonds. The van der Waals surface area contributed by atoms with Crippen LogP contribution in [-0.4, -0.2) is 54.3 Å². The summed E-state index contributed by atoms with van der Waals surface area (Å²) in [6.07, 6.45) is 3.10. The van der Waals surface area contributed by atoms with Gasteiger partial charge in [0.25, 0.3) is 0 Å². The van der Waals surface area contributed by atoms with Gasteiger partial charge >= 0.3 is 11.8 Å². The Bertz CT molecular complexity index is 643. The Morgan fingerprint density at radius 2 is 1.96 bits per heavy atom. The van der Waals surface area contributed by atoms with E-state index in [0.717, 1.165) is 49.2 Å². The molecule has 5 nitrogen and oxygen atoms in total. The molecule has 1 aromatic carbocycles. The maximum atomic E-state index is 12.7. The van der Waals surface area contributed by atoms with E-state index in [1.54, 1.807) is 0 Å². The Balaban J connectivity index is 1.71. The number of aryl methyl sites for hydroxylation is 2. The molecule has 3 rings (SSSR count). The Morgan fingerprint density at radius 3 is 2.75 bits per heavy atom. The molecule has 2 aliphatic heterocycles. The number of carbonyl (C=O) groups is 2. The summed E-state index contributed by atoms with van der Waals surface area (Å²) in [7, 11) is 2.13. The molecule has 0 bridgehead atoms. The summed E-state index contributed by atoms with van der Waals surface area (Å²) in [4.78, 5) is 29.4. The average Bonchev–Trinajstić information content (AvgIpc) is 2.56. The summed E-state index contributed by atoms with van der Waals surface area (Å²) in [5, 5.41) is 2.81. The molecule has 2 fully saturated rings. The van der Waals surface area contributed by atoms with E-state index in [0.29, 0.717) is 12.5 Å². The van der Waals surface area contributed by atoms with Crippen molar-refractivity contribution in [2.75, 3.05) is 32.0 Å². The zero-order valence-corrected chi connectivity index (χ0v) is 14.8. The van der Waals surface area contributed by atoms with Crippen molar-refractivity contribution in [3.63, 3.8) is 0 Å². The van der Waals surface area contributed by atoms with Gasteiger partial charge < -0.3 is 15.1 Å². The Hall–Kier alpha value is -1.88. The van der Waals surface area contributed by atoms with E-state index in [9.17, 15) is 9.59 Å². The van der Waals surface area contributed by atoms with Crippen LogP contribution in [0.1, 0.15) is 30.4 Å². The van der Waals surface area contributed by atoms with E-state index in [1.165, 1.54) is 0 Å². The van der Waals surface area contributed by atoms with E-state index < -0.39 is 5.91 Å². The lowest BCUT2D eigenvalue weighted by atomic mass is 9.84. The summed E-state index contributed by atoms with van der Waals surface area (Å²) in [5.41, 5.74) is 2.76. The normalized spacial score (nSPS) is 24.4. The van der Waals surface area contributed by atoms with Crippen LogP contribution in [0, 0.1) is 19.8 Å². The first-order chi connectivity index (χ1) is 11.5. The number of carbonyl (C=O) groups excluding carboxylic acids is 2. The number of nitrogens with one attached hydrogen (secondary N) is 1. The van der Waals surface area contributed by atoms with Crippen LogP contribution in [0.15, 0.2) is 18.2 Å². The topological polar surface area (TPSA) is 52.7 Å². The van der Waals surface area contributed by atoms with Gasteiger partial charge in [0.05, 0.1) is 0 Å². The second kappa shape index (κ2) is 6.93. The molecule has 2 aliphatic rings. The number of hydrogen-bond acceptors (Lipinski definition) is 3. The molecule has 1 N–H and O–H groups in total. The van der Waals surface area contributed by atoms with Crippen molar-refractivity contribution in [1.29, 1.82) is 0 Å². The molecule has 0 aliphatic carbocycles. The number of benzene rings is 1. The highest BCUT2D eigenvalue weighted by Crippen LogP contribution is 2.30. The molecular weight excluding hydrogens is 302 g/mol. The van der Waals surface area contributed by atoms with Crippen LogP contribution in [0.3, 0.4) is 0 Å². The quantitative estimate of drug-likeness (QED) is 0.804. The fourth-order valence-electron chi connectivity index (χ4n) is 4.01. The molecule has 130 valence electrons. The largest absolute Gasteiger partial charge is 0.331 e. The van der Waals surface area contributed by atoms with Gasteiger partial charge in [0.15, 0.2) is 0 Å². The van der Waals surface area contributed by atoms with Gasteiger partial charge in [-0.05, 0) is 69.8 Å². The molecule has 2 saturated heterocycles. The van der Waals surface area contributed by atoms with Gasteiger partial charge in [-0.1, -0.05) is 12.1 Å². The smallest absolute Gasteiger partial charge is 0.313 e. The first kappa shape index (κ1) is 17.0. The van der Waals surface area contributed by atoms with E-state index in [-0.39, 0.29) is 11.9 Å². The van der Waals surface area contributed by atoms with Gasteiger partial charge in [0, 0.05) is 24.8 Å². The number of likely N-dealkylation sites (tertiary alicyclic amines) is 2. The van der Waals surface area contributed by atoms with Crippen molar-refractivity contribution in [2.24, 2.45) is 5.92 Å². The van der Waals surface area contributed by atoms with E-state index in [2.05, 4.69) is 17.3 Å². The predicted molar refractivity (Wildman–Crippen MR) is 94.9 cm³/mol. The van der Waals surface area contributed by atoms with Crippen molar-refractivity contribution >= 4 is 17.5 Å². The zero-order valence-electron chi connectivity index (χ0n) is 14.8. The lowest BCUT2D eigenvalue weighted by Gasteiger charge is -2.46. The van der Waals surface area contributed by atoms with E-state index in [4.69, 9.17) is 0 Å². The minimum Gasteiger partial charge on any atom is -0.331 e. The number of nitrogens with zero attached hydrogens (tertiary/aromatic N) is 2. The highest BCUT2D eigenvalue weighted by atomic mass is 16.2. The summed E-state index contributed by atoms with van der Waals surface area (Å²) >= 11 is 0. The maximum Gasteiger partial charge on any atom is 0.313 e. The number of piperidine rings is 2. The zero-order chi connectivity index (χ0) is 17.3. The number of amides is 2. The molecule has 0 radical (unpaired) electrons. The second-order valence-corrected chi connectivity index (χ2v) is 7.29. The van der Waals surface area contributed by atoms with Crippen LogP contribution in [-0.2, 0) is 9.59 Å². The van der Waals surface area contributed by atoms with Crippen LogP contribution in [0.5, 0.6) is 0 Å². The minimum absolute atomic E-state index is 0.215. The SMILES string of the molecule is Cc1ccc(C)c(NC(=O)C(=O)N2CCC[C@@H]3CN(C)CC[C@@H]32)c1. The van der Waals surface area contributed by atoms with Crippen molar-refractivity contribution in [1.82, 2.24) is 9.80 Å². The average molecular weight is 329 g/mol. The van der Waals surface area contributed by atoms with Crippen LogP contribution in [0.25, 0.3) is 0 Å². The lowest BCUT2D eigenvalue weighted by molar-refractivity contribution is -0.148. The molecule has 5 heteroatoms. The maximum absolute atomic E-state index is 12.7. The van der Waals surface area contributed by atoms with E-state index in [1.807, 2.05) is 36.9 Å². The van der Waals surface area contributed by atoms with Crippen LogP contribution < -0.4 is 5.32 Å². The second-order valence-electron chi connectivity index (χ2n) is 7.29. The standard InChI is InChI=1S/C19H27N3O2/c1-13-6-7-14(2)16(11-13)20-18(23)19(24)22-9-4-5-15-12-21(3)10-8-17(15)22/h6-7,11,15,17H,4-5,8-10,12H2,1-3H3,(H,20,23)/t15-,17+/m1/s1. The highest BCUT2D eigenvalue weighted by molar-refractivity contribution is 6.39. The highest BCUT2D eigenvalue weighted by Gasteiger charge is 2.39. The van der Waals surface area contributed by atoms with Crippen LogP contribution in [0.4, 0.5) is 5.69 Å². The summed E-state index contributed by atoms with van der Waals surface area (Å²) in [6, 6.07) is 6.09. The molecule has 0 aromatic heterocycles. The monoisotopic (exact) mass is 329 g/mol. The third kappa shape index (κ3) is 3.46. The summed E-state index contributed by atoms with van der Waals surface area (Å²) in [5.74, 6) is -0.395. The van der Waals surface area contributed by atoms with Gasteiger partial charge in [0.2, 0.25) is 0 Å². The number of rotatable bonds is 1. The van der Waals surface area contributed by atoms with Crippen molar-refractivity contribution in [2.45, 2.75) is 39.2 Å². The van der Waals surface area contributed by atoms with E-state index >= 15 is 0 Å². The minimum atomic E-state index is -0.511. The molecule has 0 saturated carbocycles. The van der Waals surface area contributed by atoms with Crippen LogP contribution >= 0.6 is 0 Å². The molecular formula is C19H27N3O2. The van der Waals surface area contributed by atoms with Crippen molar-refractivity contribution < 1.29 is 9.59 Å². The molecule has 0 unspecified atom stereocenters. The predicted octanol–water partition coefficient (Wildman–Crippen LogP) is 2.18. The van der Waals surface area contributed by atoms with Gasteiger partial charge in [-0.25, -0.2) is 0 Å². The third-order valence-electron chi connectivity index (χ3n) is 5.37. The first-order valence-electron chi connectivity index (χ1n) is 8.83. The Labute approximate surface area is 144 Å². The van der Waals surface area contributed by atoms with Gasteiger partial charge in [-0.3, -0.25) is 9.59 Å². The third-order valence-corrected chi connectivity index (χ3v) is 5.37. The molecule has 0 spiro atoms. The van der Waals surface area contributed by atoms with Crippen molar-refractivity contribution in [3.05, 3.63) is 29.3 Å². The number of fused-ring (bicyclic) bond motifs is 1. The molecule has 2 heterocycles. The molecule has 2 atom stereocenters. The fourth-order valence-corrected chi connectivity index (χ4v) is 4.01.